The lowest BCUT2D eigenvalue weighted by Crippen LogP contribution is -2.29. The van der Waals surface area contributed by atoms with Gasteiger partial charge in [-0.2, -0.15) is 5.10 Å². The molecule has 3 nitrogen and oxygen atoms in total. The van der Waals surface area contributed by atoms with Crippen molar-refractivity contribution in [1.82, 2.24) is 15.1 Å². The van der Waals surface area contributed by atoms with Gasteiger partial charge in [-0.15, -0.1) is 0 Å². The molecule has 0 spiro atoms. The molecule has 0 radical (unpaired) electrons. The topological polar surface area (TPSA) is 29.9 Å². The smallest absolute Gasteiger partial charge is 0.0624 e. The monoisotopic (exact) mass is 285 g/mol. The average molecular weight is 285 g/mol. The Bertz CT molecular complexity index is 531. The molecule has 2 aromatic rings. The van der Waals surface area contributed by atoms with E-state index in [-0.39, 0.29) is 0 Å². The molecule has 0 aliphatic rings. The molecule has 21 heavy (non-hydrogen) atoms. The van der Waals surface area contributed by atoms with Gasteiger partial charge in [-0.1, -0.05) is 37.3 Å². The van der Waals surface area contributed by atoms with Crippen LogP contribution in [0, 0.1) is 0 Å². The quantitative estimate of drug-likeness (QED) is 0.807. The Morgan fingerprint density at radius 1 is 1.19 bits per heavy atom. The second-order valence-electron chi connectivity index (χ2n) is 5.51. The Hall–Kier alpha value is -1.61. The maximum Gasteiger partial charge on any atom is 0.0624 e. The van der Waals surface area contributed by atoms with Crippen LogP contribution in [0.3, 0.4) is 0 Å². The zero-order valence-electron chi connectivity index (χ0n) is 13.5. The summed E-state index contributed by atoms with van der Waals surface area (Å²) < 4.78 is 2.14. The first kappa shape index (κ1) is 15.8. The molecule has 1 N–H and O–H groups in total. The minimum absolute atomic E-state index is 0.497. The summed E-state index contributed by atoms with van der Waals surface area (Å²) in [4.78, 5) is 0. The summed E-state index contributed by atoms with van der Waals surface area (Å²) in [7, 11) is 2.06. The van der Waals surface area contributed by atoms with Gasteiger partial charge in [0.1, 0.15) is 0 Å². The Kier molecular flexibility index (Phi) is 6.00. The van der Waals surface area contributed by atoms with Gasteiger partial charge < -0.3 is 5.32 Å². The molecule has 2 rings (SSSR count). The van der Waals surface area contributed by atoms with Crippen LogP contribution in [0.4, 0.5) is 0 Å². The first-order valence-corrected chi connectivity index (χ1v) is 8.03. The van der Waals surface area contributed by atoms with Gasteiger partial charge in [-0.05, 0) is 44.9 Å². The third-order valence-corrected chi connectivity index (χ3v) is 4.06. The third-order valence-electron chi connectivity index (χ3n) is 4.06. The summed E-state index contributed by atoms with van der Waals surface area (Å²) in [6.07, 6.45) is 4.32. The molecule has 0 saturated carbocycles. The standard InChI is InChI=1S/C18H27N3/c1-4-16-13-18(21(5-2)20-16)14-17(19-3)12-11-15-9-7-6-8-10-15/h6-10,13,17,19H,4-5,11-12,14H2,1-3H3. The van der Waals surface area contributed by atoms with Gasteiger partial charge >= 0.3 is 0 Å². The highest BCUT2D eigenvalue weighted by Crippen LogP contribution is 2.12. The van der Waals surface area contributed by atoms with Crippen molar-refractivity contribution in [3.63, 3.8) is 0 Å². The Labute approximate surface area is 128 Å². The Morgan fingerprint density at radius 3 is 2.57 bits per heavy atom. The summed E-state index contributed by atoms with van der Waals surface area (Å²) in [5, 5.41) is 8.10. The molecular formula is C18H27N3. The van der Waals surface area contributed by atoms with Gasteiger partial charge in [0.25, 0.3) is 0 Å². The summed E-state index contributed by atoms with van der Waals surface area (Å²) in [5.41, 5.74) is 3.96. The molecule has 1 heterocycles. The van der Waals surface area contributed by atoms with Crippen molar-refractivity contribution in [1.29, 1.82) is 0 Å². The van der Waals surface area contributed by atoms with E-state index >= 15 is 0 Å². The third kappa shape index (κ3) is 4.43. The van der Waals surface area contributed by atoms with Crippen molar-refractivity contribution in [2.45, 2.75) is 52.1 Å². The van der Waals surface area contributed by atoms with E-state index in [2.05, 4.69) is 72.4 Å². The fraction of sp³-hybridized carbons (Fsp3) is 0.500. The number of nitrogens with zero attached hydrogens (tertiary/aromatic N) is 2. The van der Waals surface area contributed by atoms with E-state index in [1.54, 1.807) is 0 Å². The molecule has 0 aliphatic heterocycles. The van der Waals surface area contributed by atoms with Crippen molar-refractivity contribution < 1.29 is 0 Å². The summed E-state index contributed by atoms with van der Waals surface area (Å²) in [6, 6.07) is 13.5. The largest absolute Gasteiger partial charge is 0.317 e. The number of rotatable bonds is 8. The molecule has 0 aliphatic carbocycles. The van der Waals surface area contributed by atoms with Crippen LogP contribution in [0.5, 0.6) is 0 Å². The van der Waals surface area contributed by atoms with Gasteiger partial charge in [-0.3, -0.25) is 4.68 Å². The van der Waals surface area contributed by atoms with Crippen LogP contribution in [0.25, 0.3) is 0 Å². The molecule has 3 heteroatoms. The second kappa shape index (κ2) is 7.99. The number of nitrogens with one attached hydrogen (secondary N) is 1. The number of hydrogen-bond acceptors (Lipinski definition) is 2. The number of hydrogen-bond donors (Lipinski definition) is 1. The highest BCUT2D eigenvalue weighted by molar-refractivity contribution is 5.16. The van der Waals surface area contributed by atoms with Gasteiger partial charge in [0.15, 0.2) is 0 Å². The lowest BCUT2D eigenvalue weighted by Gasteiger charge is -2.16. The van der Waals surface area contributed by atoms with E-state index < -0.39 is 0 Å². The molecule has 114 valence electrons. The van der Waals surface area contributed by atoms with E-state index in [9.17, 15) is 0 Å². The molecule has 0 fully saturated rings. The first-order chi connectivity index (χ1) is 10.3. The second-order valence-corrected chi connectivity index (χ2v) is 5.51. The van der Waals surface area contributed by atoms with Crippen molar-refractivity contribution >= 4 is 0 Å². The molecular weight excluding hydrogens is 258 g/mol. The van der Waals surface area contributed by atoms with E-state index in [4.69, 9.17) is 0 Å². The predicted molar refractivity (Wildman–Crippen MR) is 88.6 cm³/mol. The number of aromatic nitrogens is 2. The number of likely N-dealkylation sites (N-methyl/N-ethyl adjacent to an activating group) is 1. The molecule has 1 aromatic carbocycles. The number of benzene rings is 1. The Balaban J connectivity index is 1.97. The summed E-state index contributed by atoms with van der Waals surface area (Å²) in [6.45, 7) is 5.27. The lowest BCUT2D eigenvalue weighted by atomic mass is 10.0. The molecule has 0 amide bonds. The van der Waals surface area contributed by atoms with E-state index in [0.717, 1.165) is 32.2 Å². The summed E-state index contributed by atoms with van der Waals surface area (Å²) >= 11 is 0. The zero-order valence-corrected chi connectivity index (χ0v) is 13.5. The fourth-order valence-electron chi connectivity index (χ4n) is 2.71. The van der Waals surface area contributed by atoms with Crippen LogP contribution in [0.15, 0.2) is 36.4 Å². The van der Waals surface area contributed by atoms with Crippen LogP contribution in [0.1, 0.15) is 37.2 Å². The normalized spacial score (nSPS) is 12.5. The highest BCUT2D eigenvalue weighted by atomic mass is 15.3. The highest BCUT2D eigenvalue weighted by Gasteiger charge is 2.12. The van der Waals surface area contributed by atoms with Crippen molar-refractivity contribution in [3.05, 3.63) is 53.3 Å². The van der Waals surface area contributed by atoms with Gasteiger partial charge in [0, 0.05) is 24.7 Å². The fourth-order valence-corrected chi connectivity index (χ4v) is 2.71. The van der Waals surface area contributed by atoms with Crippen molar-refractivity contribution in [2.75, 3.05) is 7.05 Å². The zero-order chi connectivity index (χ0) is 15.1. The molecule has 0 bridgehead atoms. The van der Waals surface area contributed by atoms with Crippen LogP contribution in [-0.2, 0) is 25.8 Å². The number of aryl methyl sites for hydroxylation is 3. The average Bonchev–Trinajstić information content (AvgIpc) is 2.94. The van der Waals surface area contributed by atoms with Crippen LogP contribution in [0.2, 0.25) is 0 Å². The van der Waals surface area contributed by atoms with E-state index in [1.807, 2.05) is 0 Å². The van der Waals surface area contributed by atoms with Crippen LogP contribution >= 0.6 is 0 Å². The predicted octanol–water partition coefficient (Wildman–Crippen LogP) is 3.23. The SMILES string of the molecule is CCc1cc(CC(CCc2ccccc2)NC)n(CC)n1. The Morgan fingerprint density at radius 2 is 1.95 bits per heavy atom. The van der Waals surface area contributed by atoms with Gasteiger partial charge in [-0.25, -0.2) is 0 Å². The molecule has 0 saturated heterocycles. The maximum absolute atomic E-state index is 4.64. The van der Waals surface area contributed by atoms with Gasteiger partial charge in [0.2, 0.25) is 0 Å². The molecule has 1 atom stereocenters. The molecule has 1 aromatic heterocycles. The first-order valence-electron chi connectivity index (χ1n) is 8.03. The van der Waals surface area contributed by atoms with Crippen LogP contribution in [-0.4, -0.2) is 22.9 Å². The minimum atomic E-state index is 0.497. The lowest BCUT2D eigenvalue weighted by molar-refractivity contribution is 0.494. The van der Waals surface area contributed by atoms with E-state index in [0.29, 0.717) is 6.04 Å². The maximum atomic E-state index is 4.64. The summed E-state index contributed by atoms with van der Waals surface area (Å²) in [5.74, 6) is 0. The minimum Gasteiger partial charge on any atom is -0.317 e. The van der Waals surface area contributed by atoms with Crippen molar-refractivity contribution in [3.8, 4) is 0 Å². The van der Waals surface area contributed by atoms with Crippen LogP contribution < -0.4 is 5.32 Å². The van der Waals surface area contributed by atoms with E-state index in [1.165, 1.54) is 17.0 Å². The molecule has 1 unspecified atom stereocenters. The van der Waals surface area contributed by atoms with Crippen molar-refractivity contribution in [2.24, 2.45) is 0 Å². The van der Waals surface area contributed by atoms with Gasteiger partial charge in [0.05, 0.1) is 5.69 Å².